The van der Waals surface area contributed by atoms with Crippen LogP contribution in [0.2, 0.25) is 0 Å². The van der Waals surface area contributed by atoms with Crippen molar-refractivity contribution in [2.45, 2.75) is 99.4 Å². The fourth-order valence-electron chi connectivity index (χ4n) is 5.76. The number of ether oxygens (including phenoxy) is 9. The average Bonchev–Trinajstić information content (AvgIpc) is 3.03. The van der Waals surface area contributed by atoms with Crippen molar-refractivity contribution in [2.24, 2.45) is 11.0 Å². The second kappa shape index (κ2) is 17.3. The molecule has 3 saturated heterocycles. The van der Waals surface area contributed by atoms with E-state index in [9.17, 15) is 24.7 Å². The number of fused-ring (bicyclic) bond motifs is 1. The van der Waals surface area contributed by atoms with E-state index in [4.69, 9.17) is 82.8 Å². The number of alkyl halides is 3. The summed E-state index contributed by atoms with van der Waals surface area (Å²) >= 11 is 17.6. The standard InChI is InChI=1S/C30H35Cl3N4O13/c1-13(38)10-18-22(44-15(3)40)23(45-16(4)41)19(11-42-14(2)39)46-27(18)49-25-21(36-37-35)28(50-29(34)30(31,32)33)47-20-12-43-26(48-24(20)25)17-8-6-5-7-9-17/h5-9,18-28,34H,10-12H2,1-4H3/t18?,19?,20?,21?,22-,23+,24+,25-,26?,27+,28+/m1/s1. The second-order valence-electron chi connectivity index (χ2n) is 11.5. The van der Waals surface area contributed by atoms with Crippen molar-refractivity contribution in [1.29, 1.82) is 5.41 Å². The molecular formula is C30H35Cl3N4O13. The van der Waals surface area contributed by atoms with E-state index < -0.39 is 102 Å². The first-order valence-electron chi connectivity index (χ1n) is 15.2. The lowest BCUT2D eigenvalue weighted by atomic mass is 9.86. The van der Waals surface area contributed by atoms with Crippen LogP contribution in [0.4, 0.5) is 0 Å². The summed E-state index contributed by atoms with van der Waals surface area (Å²) in [6, 6.07) is 7.39. The van der Waals surface area contributed by atoms with E-state index in [2.05, 4.69) is 10.0 Å². The van der Waals surface area contributed by atoms with Crippen LogP contribution in [0, 0.1) is 11.3 Å². The van der Waals surface area contributed by atoms with Crippen LogP contribution in [-0.2, 0) is 61.8 Å². The number of hydrogen-bond acceptors (Lipinski definition) is 15. The molecule has 0 radical (unpaired) electrons. The third-order valence-corrected chi connectivity index (χ3v) is 8.21. The smallest absolute Gasteiger partial charge is 0.303 e. The molecule has 0 spiro atoms. The predicted octanol–water partition coefficient (Wildman–Crippen LogP) is 4.00. The second-order valence-corrected chi connectivity index (χ2v) is 13.8. The van der Waals surface area contributed by atoms with Gasteiger partial charge in [-0.2, -0.15) is 0 Å². The van der Waals surface area contributed by atoms with Crippen molar-refractivity contribution in [2.75, 3.05) is 13.2 Å². The SMILES string of the molecule is CC(=O)CC1[C@H](O[C@@H]2C(N=[N+]=[N-])[C@H](OC(=N)C(Cl)(Cl)Cl)OC3COC(c4ccccc4)O[C@@H]32)OC(COC(C)=O)[C@H](OC(C)=O)[C@@H]1OC(C)=O. The molecule has 0 aliphatic carbocycles. The monoisotopic (exact) mass is 764 g/mol. The molecular weight excluding hydrogens is 731 g/mol. The van der Waals surface area contributed by atoms with Crippen molar-refractivity contribution in [1.82, 2.24) is 0 Å². The number of nitrogens with zero attached hydrogens (tertiary/aromatic N) is 3. The van der Waals surface area contributed by atoms with E-state index in [0.717, 1.165) is 20.8 Å². The summed E-state index contributed by atoms with van der Waals surface area (Å²) in [6.45, 7) is 4.06. The zero-order chi connectivity index (χ0) is 36.7. The fraction of sp³-hybridized carbons (Fsp3) is 0.633. The number of nitrogens with one attached hydrogen (secondary N) is 1. The van der Waals surface area contributed by atoms with Crippen LogP contribution in [0.15, 0.2) is 35.4 Å². The van der Waals surface area contributed by atoms with Gasteiger partial charge in [-0.1, -0.05) is 70.2 Å². The normalized spacial score (nSPS) is 32.3. The van der Waals surface area contributed by atoms with Gasteiger partial charge in [-0.05, 0) is 12.5 Å². The first kappa shape index (κ1) is 39.5. The zero-order valence-electron chi connectivity index (χ0n) is 27.1. The van der Waals surface area contributed by atoms with Crippen LogP contribution in [0.25, 0.3) is 10.4 Å². The highest BCUT2D eigenvalue weighted by Crippen LogP contribution is 2.41. The lowest BCUT2D eigenvalue weighted by Crippen LogP contribution is -2.66. The van der Waals surface area contributed by atoms with Gasteiger partial charge < -0.3 is 47.4 Å². The Hall–Kier alpha value is -3.25. The Morgan fingerprint density at radius 1 is 0.920 bits per heavy atom. The van der Waals surface area contributed by atoms with E-state index in [1.165, 1.54) is 6.92 Å². The van der Waals surface area contributed by atoms with E-state index in [0.29, 0.717) is 5.56 Å². The number of hydrogen-bond donors (Lipinski definition) is 1. The molecule has 274 valence electrons. The Kier molecular flexibility index (Phi) is 13.7. The minimum Gasteiger partial charge on any atom is -0.463 e. The third-order valence-electron chi connectivity index (χ3n) is 7.70. The molecule has 1 N–H and O–H groups in total. The van der Waals surface area contributed by atoms with Gasteiger partial charge in [0.15, 0.2) is 18.7 Å². The van der Waals surface area contributed by atoms with Gasteiger partial charge in [0.1, 0.15) is 49.0 Å². The van der Waals surface area contributed by atoms with Crippen LogP contribution in [0.5, 0.6) is 0 Å². The molecule has 1 aromatic rings. The van der Waals surface area contributed by atoms with Crippen LogP contribution >= 0.6 is 34.8 Å². The van der Waals surface area contributed by atoms with E-state index in [-0.39, 0.29) is 18.8 Å². The van der Waals surface area contributed by atoms with Gasteiger partial charge >= 0.3 is 17.9 Å². The number of halogens is 3. The Morgan fingerprint density at radius 3 is 2.16 bits per heavy atom. The first-order valence-corrected chi connectivity index (χ1v) is 16.3. The number of ketones is 1. The highest BCUT2D eigenvalue weighted by Gasteiger charge is 2.57. The van der Waals surface area contributed by atoms with Crippen LogP contribution in [0.1, 0.15) is 46.0 Å². The Labute approximate surface area is 301 Å². The molecule has 20 heteroatoms. The molecule has 11 atom stereocenters. The molecule has 3 heterocycles. The zero-order valence-corrected chi connectivity index (χ0v) is 29.4. The summed E-state index contributed by atoms with van der Waals surface area (Å²) in [5, 5.41) is 12.0. The molecule has 3 aliphatic heterocycles. The van der Waals surface area contributed by atoms with E-state index >= 15 is 0 Å². The number of Topliss-reactive ketones (excluding diaryl/α,β-unsaturated/α-hetero) is 1. The number of azide groups is 1. The van der Waals surface area contributed by atoms with Gasteiger partial charge in [0.25, 0.3) is 3.79 Å². The summed E-state index contributed by atoms with van der Waals surface area (Å²) < 4.78 is 50.5. The summed E-state index contributed by atoms with van der Waals surface area (Å²) in [5.74, 6) is -4.67. The third kappa shape index (κ3) is 10.2. The van der Waals surface area contributed by atoms with Crippen LogP contribution in [-0.4, -0.2) is 102 Å². The van der Waals surface area contributed by atoms with Crippen molar-refractivity contribution < 1.29 is 61.8 Å². The summed E-state index contributed by atoms with van der Waals surface area (Å²) in [4.78, 5) is 51.9. The van der Waals surface area contributed by atoms with Crippen LogP contribution < -0.4 is 0 Å². The molecule has 17 nitrogen and oxygen atoms in total. The molecule has 0 aromatic heterocycles. The molecule has 3 fully saturated rings. The first-order chi connectivity index (χ1) is 23.6. The lowest BCUT2D eigenvalue weighted by Gasteiger charge is -2.51. The molecule has 5 unspecified atom stereocenters. The van der Waals surface area contributed by atoms with E-state index in [1.807, 2.05) is 0 Å². The average molecular weight is 766 g/mol. The van der Waals surface area contributed by atoms with Gasteiger partial charge in [-0.15, -0.1) is 0 Å². The van der Waals surface area contributed by atoms with E-state index in [1.54, 1.807) is 30.3 Å². The number of carbonyl (C=O) groups is 4. The summed E-state index contributed by atoms with van der Waals surface area (Å²) in [5.41, 5.74) is 10.3. The van der Waals surface area contributed by atoms with Gasteiger partial charge in [0.2, 0.25) is 12.2 Å². The largest absolute Gasteiger partial charge is 0.463 e. The number of rotatable bonds is 11. The lowest BCUT2D eigenvalue weighted by molar-refractivity contribution is -0.367. The van der Waals surface area contributed by atoms with Crippen LogP contribution in [0.3, 0.4) is 0 Å². The maximum absolute atomic E-state index is 12.6. The maximum atomic E-state index is 12.6. The van der Waals surface area contributed by atoms with Crippen molar-refractivity contribution in [3.63, 3.8) is 0 Å². The topological polar surface area (TPSA) is 224 Å². The molecule has 0 amide bonds. The summed E-state index contributed by atoms with van der Waals surface area (Å²) in [6.07, 6.45) is -11.8. The summed E-state index contributed by atoms with van der Waals surface area (Å²) in [7, 11) is 0. The molecule has 50 heavy (non-hydrogen) atoms. The molecule has 4 rings (SSSR count). The molecule has 0 bridgehead atoms. The minimum absolute atomic E-state index is 0.115. The number of benzene rings is 1. The molecule has 1 aromatic carbocycles. The van der Waals surface area contributed by atoms with Gasteiger partial charge in [0, 0.05) is 37.7 Å². The molecule has 3 aliphatic rings. The fourth-order valence-corrected chi connectivity index (χ4v) is 5.90. The number of esters is 3. The van der Waals surface area contributed by atoms with Gasteiger partial charge in [0.05, 0.1) is 12.5 Å². The van der Waals surface area contributed by atoms with Gasteiger partial charge in [-0.3, -0.25) is 19.8 Å². The van der Waals surface area contributed by atoms with Crippen molar-refractivity contribution in [3.05, 3.63) is 46.3 Å². The number of carbonyl (C=O) groups excluding carboxylic acids is 4. The molecule has 0 saturated carbocycles. The van der Waals surface area contributed by atoms with Crippen molar-refractivity contribution >= 4 is 64.4 Å². The van der Waals surface area contributed by atoms with Gasteiger partial charge in [-0.25, -0.2) is 0 Å². The maximum Gasteiger partial charge on any atom is 0.303 e. The Bertz CT molecular complexity index is 1460. The minimum atomic E-state index is -2.33. The Balaban J connectivity index is 1.80. The quantitative estimate of drug-likeness (QED) is 0.0492. The van der Waals surface area contributed by atoms with Crippen molar-refractivity contribution in [3.8, 4) is 0 Å². The Morgan fingerprint density at radius 2 is 1.58 bits per heavy atom. The highest BCUT2D eigenvalue weighted by atomic mass is 35.6. The highest BCUT2D eigenvalue weighted by molar-refractivity contribution is 6.76. The predicted molar refractivity (Wildman–Crippen MR) is 171 cm³/mol.